The predicted molar refractivity (Wildman–Crippen MR) is 77.3 cm³/mol. The average Bonchev–Trinajstić information content (AvgIpc) is 2.45. The number of ether oxygens (including phenoxy) is 1. The van der Waals surface area contributed by atoms with E-state index >= 15 is 0 Å². The van der Waals surface area contributed by atoms with E-state index in [9.17, 15) is 14.0 Å². The Kier molecular flexibility index (Phi) is 6.47. The molecule has 0 fully saturated rings. The van der Waals surface area contributed by atoms with Crippen molar-refractivity contribution in [2.75, 3.05) is 24.4 Å². The Labute approximate surface area is 121 Å². The van der Waals surface area contributed by atoms with E-state index in [1.165, 1.54) is 13.2 Å². The van der Waals surface area contributed by atoms with Gasteiger partial charge in [-0.2, -0.15) is 11.8 Å². The van der Waals surface area contributed by atoms with Crippen LogP contribution in [0.5, 0.6) is 0 Å². The molecule has 0 aliphatic heterocycles. The van der Waals surface area contributed by atoms with Gasteiger partial charge >= 0.3 is 5.97 Å². The van der Waals surface area contributed by atoms with Crippen molar-refractivity contribution in [1.29, 1.82) is 0 Å². The third kappa shape index (κ3) is 4.50. The van der Waals surface area contributed by atoms with Crippen LogP contribution in [-0.4, -0.2) is 37.0 Å². The number of methoxy groups -OCH3 is 1. The monoisotopic (exact) mass is 300 g/mol. The first-order chi connectivity index (χ1) is 9.49. The number of esters is 1. The fraction of sp³-hybridized carbons (Fsp3) is 0.385. The Hall–Kier alpha value is -1.60. The van der Waals surface area contributed by atoms with Crippen molar-refractivity contribution in [3.63, 3.8) is 0 Å². The van der Waals surface area contributed by atoms with Crippen LogP contribution in [-0.2, 0) is 9.53 Å². The van der Waals surface area contributed by atoms with Gasteiger partial charge in [-0.05, 0) is 36.6 Å². The highest BCUT2D eigenvalue weighted by atomic mass is 32.2. The highest BCUT2D eigenvalue weighted by molar-refractivity contribution is 7.98. The molecule has 20 heavy (non-hydrogen) atoms. The number of benzene rings is 1. The zero-order valence-corrected chi connectivity index (χ0v) is 12.1. The molecule has 0 radical (unpaired) electrons. The molecule has 0 aliphatic rings. The molecular weight excluding hydrogens is 283 g/mol. The van der Waals surface area contributed by atoms with Gasteiger partial charge in [0, 0.05) is 0 Å². The third-order valence-electron chi connectivity index (χ3n) is 2.61. The van der Waals surface area contributed by atoms with Gasteiger partial charge in [0.1, 0.15) is 5.82 Å². The van der Waals surface area contributed by atoms with E-state index in [1.54, 1.807) is 11.8 Å². The molecule has 1 aromatic rings. The first-order valence-corrected chi connectivity index (χ1v) is 7.32. The van der Waals surface area contributed by atoms with Crippen LogP contribution in [0.1, 0.15) is 16.8 Å². The lowest BCUT2D eigenvalue weighted by atomic mass is 10.1. The molecule has 7 heteroatoms. The summed E-state index contributed by atoms with van der Waals surface area (Å²) >= 11 is 1.58. The summed E-state index contributed by atoms with van der Waals surface area (Å²) in [5.41, 5.74) is 5.86. The maximum absolute atomic E-state index is 13.2. The Morgan fingerprint density at radius 3 is 2.80 bits per heavy atom. The summed E-state index contributed by atoms with van der Waals surface area (Å²) in [5, 5.41) is 2.52. The number of hydrogen-bond acceptors (Lipinski definition) is 5. The van der Waals surface area contributed by atoms with E-state index < -0.39 is 23.7 Å². The Morgan fingerprint density at radius 1 is 1.50 bits per heavy atom. The SMILES string of the molecule is COC(=O)c1cc(F)ccc1NC(=O)[C@@H](N)CCSC. The number of thioether (sulfide) groups is 1. The maximum atomic E-state index is 13.2. The molecule has 1 amide bonds. The molecular formula is C13H17FN2O3S. The van der Waals surface area contributed by atoms with Crippen LogP contribution in [0.25, 0.3) is 0 Å². The van der Waals surface area contributed by atoms with Gasteiger partial charge in [0.15, 0.2) is 0 Å². The molecule has 3 N–H and O–H groups in total. The van der Waals surface area contributed by atoms with E-state index in [0.717, 1.165) is 17.9 Å². The van der Waals surface area contributed by atoms with Crippen molar-refractivity contribution in [1.82, 2.24) is 0 Å². The molecule has 0 bridgehead atoms. The zero-order valence-electron chi connectivity index (χ0n) is 11.3. The summed E-state index contributed by atoms with van der Waals surface area (Å²) < 4.78 is 17.7. The Balaban J connectivity index is 2.86. The number of carbonyl (C=O) groups is 2. The second kappa shape index (κ2) is 7.86. The van der Waals surface area contributed by atoms with Crippen LogP contribution in [0.4, 0.5) is 10.1 Å². The Morgan fingerprint density at radius 2 is 2.20 bits per heavy atom. The second-order valence-corrected chi connectivity index (χ2v) is 5.04. The van der Waals surface area contributed by atoms with Crippen molar-refractivity contribution < 1.29 is 18.7 Å². The topological polar surface area (TPSA) is 81.4 Å². The Bertz CT molecular complexity index is 497. The molecule has 5 nitrogen and oxygen atoms in total. The minimum atomic E-state index is -0.725. The zero-order chi connectivity index (χ0) is 15.1. The molecule has 0 unspecified atom stereocenters. The first-order valence-electron chi connectivity index (χ1n) is 5.92. The first kappa shape index (κ1) is 16.5. The van der Waals surface area contributed by atoms with Crippen LogP contribution in [0.2, 0.25) is 0 Å². The highest BCUT2D eigenvalue weighted by Crippen LogP contribution is 2.18. The number of nitrogens with one attached hydrogen (secondary N) is 1. The summed E-state index contributed by atoms with van der Waals surface area (Å²) in [5.74, 6) is -0.981. The minimum Gasteiger partial charge on any atom is -0.465 e. The number of amides is 1. The largest absolute Gasteiger partial charge is 0.465 e. The summed E-state index contributed by atoms with van der Waals surface area (Å²) in [4.78, 5) is 23.4. The molecule has 0 aromatic heterocycles. The molecule has 1 atom stereocenters. The lowest BCUT2D eigenvalue weighted by Gasteiger charge is -2.14. The highest BCUT2D eigenvalue weighted by Gasteiger charge is 2.18. The standard InChI is InChI=1S/C13H17FN2O3S/c1-19-13(18)9-7-8(14)3-4-11(9)16-12(17)10(15)5-6-20-2/h3-4,7,10H,5-6,15H2,1-2H3,(H,16,17)/t10-/m0/s1. The lowest BCUT2D eigenvalue weighted by molar-refractivity contribution is -0.117. The number of hydrogen-bond donors (Lipinski definition) is 2. The van der Waals surface area contributed by atoms with Crippen molar-refractivity contribution in [3.05, 3.63) is 29.6 Å². The summed E-state index contributed by atoms with van der Waals surface area (Å²) in [7, 11) is 1.18. The van der Waals surface area contributed by atoms with Crippen LogP contribution < -0.4 is 11.1 Å². The average molecular weight is 300 g/mol. The summed E-state index contributed by atoms with van der Waals surface area (Å²) in [6.07, 6.45) is 2.43. The van der Waals surface area contributed by atoms with Gasteiger partial charge in [-0.15, -0.1) is 0 Å². The van der Waals surface area contributed by atoms with Crippen molar-refractivity contribution in [3.8, 4) is 0 Å². The number of anilines is 1. The maximum Gasteiger partial charge on any atom is 0.340 e. The van der Waals surface area contributed by atoms with E-state index in [1.807, 2.05) is 6.26 Å². The van der Waals surface area contributed by atoms with Crippen LogP contribution in [0.3, 0.4) is 0 Å². The van der Waals surface area contributed by atoms with Gasteiger partial charge in [-0.25, -0.2) is 9.18 Å². The molecule has 110 valence electrons. The lowest BCUT2D eigenvalue weighted by Crippen LogP contribution is -2.36. The summed E-state index contributed by atoms with van der Waals surface area (Å²) in [6, 6.07) is 2.78. The predicted octanol–water partition coefficient (Wildman–Crippen LogP) is 1.63. The van der Waals surface area contributed by atoms with Crippen molar-refractivity contribution in [2.24, 2.45) is 5.73 Å². The molecule has 0 spiro atoms. The van der Waals surface area contributed by atoms with E-state index in [-0.39, 0.29) is 11.3 Å². The minimum absolute atomic E-state index is 0.0436. The molecule has 0 aliphatic carbocycles. The van der Waals surface area contributed by atoms with Gasteiger partial charge in [0.2, 0.25) is 5.91 Å². The van der Waals surface area contributed by atoms with Gasteiger partial charge in [0.05, 0.1) is 24.4 Å². The van der Waals surface area contributed by atoms with E-state index in [0.29, 0.717) is 6.42 Å². The van der Waals surface area contributed by atoms with Crippen LogP contribution >= 0.6 is 11.8 Å². The second-order valence-electron chi connectivity index (χ2n) is 4.06. The van der Waals surface area contributed by atoms with E-state index in [2.05, 4.69) is 10.1 Å². The fourth-order valence-corrected chi connectivity index (χ4v) is 2.00. The van der Waals surface area contributed by atoms with E-state index in [4.69, 9.17) is 5.73 Å². The van der Waals surface area contributed by atoms with Gasteiger partial charge < -0.3 is 15.8 Å². The van der Waals surface area contributed by atoms with Gasteiger partial charge in [-0.1, -0.05) is 0 Å². The van der Waals surface area contributed by atoms with Crippen molar-refractivity contribution >= 4 is 29.3 Å². The number of halogens is 1. The molecule has 0 saturated carbocycles. The molecule has 1 rings (SSSR count). The third-order valence-corrected chi connectivity index (χ3v) is 3.26. The summed E-state index contributed by atoms with van der Waals surface area (Å²) in [6.45, 7) is 0. The van der Waals surface area contributed by atoms with Crippen molar-refractivity contribution in [2.45, 2.75) is 12.5 Å². The van der Waals surface area contributed by atoms with Gasteiger partial charge in [-0.3, -0.25) is 4.79 Å². The fourth-order valence-electron chi connectivity index (χ4n) is 1.51. The van der Waals surface area contributed by atoms with Crippen LogP contribution in [0.15, 0.2) is 18.2 Å². The number of nitrogens with two attached hydrogens (primary N) is 1. The number of carbonyl (C=O) groups excluding carboxylic acids is 2. The van der Waals surface area contributed by atoms with Gasteiger partial charge in [0.25, 0.3) is 0 Å². The molecule has 1 aromatic carbocycles. The van der Waals surface area contributed by atoms with Crippen LogP contribution in [0, 0.1) is 5.82 Å². The normalized spacial score (nSPS) is 11.8. The quantitative estimate of drug-likeness (QED) is 0.780. The smallest absolute Gasteiger partial charge is 0.340 e. The molecule has 0 heterocycles. The molecule has 0 saturated heterocycles. The number of rotatable bonds is 6.